The molecule has 1 saturated heterocycles. The third-order valence-electron chi connectivity index (χ3n) is 3.10. The van der Waals surface area contributed by atoms with Crippen LogP contribution in [0, 0.1) is 18.7 Å². The molecule has 1 heterocycles. The molecule has 1 aromatic carbocycles. The predicted molar refractivity (Wildman–Crippen MR) is 61.1 cm³/mol. The Balaban J connectivity index is 2.19. The molecule has 0 saturated carbocycles. The highest BCUT2D eigenvalue weighted by Crippen LogP contribution is 2.20. The minimum atomic E-state index is -0.386. The molecule has 0 bridgehead atoms. The molecule has 0 radical (unpaired) electrons. The molecule has 1 aliphatic heterocycles. The molecule has 0 atom stereocenters. The van der Waals surface area contributed by atoms with Crippen LogP contribution in [0.2, 0.25) is 0 Å². The maximum Gasteiger partial charge on any atom is 0.168 e. The lowest BCUT2D eigenvalue weighted by molar-refractivity contribution is 0.0891. The lowest BCUT2D eigenvalue weighted by Gasteiger charge is -2.21. The first kappa shape index (κ1) is 11.3. The van der Waals surface area contributed by atoms with Gasteiger partial charge in [-0.2, -0.15) is 0 Å². The van der Waals surface area contributed by atoms with E-state index in [1.54, 1.807) is 12.1 Å². The predicted octanol–water partition coefficient (Wildman–Crippen LogP) is 2.32. The SMILES string of the molecule is Cc1ccc(C(=O)C2CCNCC2)c(F)c1. The highest BCUT2D eigenvalue weighted by atomic mass is 19.1. The van der Waals surface area contributed by atoms with Crippen LogP contribution in [0.5, 0.6) is 0 Å². The number of carbonyl (C=O) groups is 1. The highest BCUT2D eigenvalue weighted by molar-refractivity contribution is 5.98. The lowest BCUT2D eigenvalue weighted by Crippen LogP contribution is -2.32. The summed E-state index contributed by atoms with van der Waals surface area (Å²) >= 11 is 0. The number of benzene rings is 1. The second kappa shape index (κ2) is 4.74. The first-order valence-electron chi connectivity index (χ1n) is 5.69. The summed E-state index contributed by atoms with van der Waals surface area (Å²) < 4.78 is 13.6. The van der Waals surface area contributed by atoms with E-state index in [1.165, 1.54) is 6.07 Å². The van der Waals surface area contributed by atoms with E-state index in [0.29, 0.717) is 0 Å². The van der Waals surface area contributed by atoms with Crippen molar-refractivity contribution < 1.29 is 9.18 Å². The minimum Gasteiger partial charge on any atom is -0.317 e. The van der Waals surface area contributed by atoms with Gasteiger partial charge in [-0.05, 0) is 50.6 Å². The second-order valence-corrected chi connectivity index (χ2v) is 4.37. The number of Topliss-reactive ketones (excluding diaryl/α,β-unsaturated/α-hetero) is 1. The molecule has 1 fully saturated rings. The van der Waals surface area contributed by atoms with Gasteiger partial charge in [0, 0.05) is 5.92 Å². The molecule has 16 heavy (non-hydrogen) atoms. The zero-order valence-electron chi connectivity index (χ0n) is 9.42. The normalized spacial score (nSPS) is 17.4. The highest BCUT2D eigenvalue weighted by Gasteiger charge is 2.24. The van der Waals surface area contributed by atoms with Crippen molar-refractivity contribution in [1.82, 2.24) is 5.32 Å². The Kier molecular flexibility index (Phi) is 3.34. The van der Waals surface area contributed by atoms with Crippen LogP contribution in [0.25, 0.3) is 0 Å². The summed E-state index contributed by atoms with van der Waals surface area (Å²) in [6.45, 7) is 3.52. The molecule has 2 nitrogen and oxygen atoms in total. The van der Waals surface area contributed by atoms with E-state index in [2.05, 4.69) is 5.32 Å². The Morgan fingerprint density at radius 1 is 1.38 bits per heavy atom. The number of halogens is 1. The van der Waals surface area contributed by atoms with Gasteiger partial charge in [0.15, 0.2) is 5.78 Å². The van der Waals surface area contributed by atoms with E-state index in [4.69, 9.17) is 0 Å². The fraction of sp³-hybridized carbons (Fsp3) is 0.462. The van der Waals surface area contributed by atoms with Gasteiger partial charge in [-0.3, -0.25) is 4.79 Å². The molecule has 2 rings (SSSR count). The van der Waals surface area contributed by atoms with Gasteiger partial charge in [-0.1, -0.05) is 6.07 Å². The van der Waals surface area contributed by atoms with Crippen LogP contribution in [-0.4, -0.2) is 18.9 Å². The summed E-state index contributed by atoms with van der Waals surface area (Å²) in [5.41, 5.74) is 1.09. The number of ketones is 1. The van der Waals surface area contributed by atoms with Gasteiger partial charge in [-0.15, -0.1) is 0 Å². The third-order valence-corrected chi connectivity index (χ3v) is 3.10. The van der Waals surface area contributed by atoms with Gasteiger partial charge >= 0.3 is 0 Å². The van der Waals surface area contributed by atoms with Gasteiger partial charge in [0.2, 0.25) is 0 Å². The molecule has 1 aromatic rings. The van der Waals surface area contributed by atoms with Crippen LogP contribution < -0.4 is 5.32 Å². The van der Waals surface area contributed by atoms with Gasteiger partial charge < -0.3 is 5.32 Å². The first-order chi connectivity index (χ1) is 7.68. The summed E-state index contributed by atoms with van der Waals surface area (Å²) in [7, 11) is 0. The maximum absolute atomic E-state index is 13.6. The standard InChI is InChI=1S/C13H16FNO/c1-9-2-3-11(12(14)8-9)13(16)10-4-6-15-7-5-10/h2-3,8,10,15H,4-7H2,1H3. The van der Waals surface area contributed by atoms with E-state index in [1.807, 2.05) is 6.92 Å². The zero-order chi connectivity index (χ0) is 11.5. The topological polar surface area (TPSA) is 29.1 Å². The third kappa shape index (κ3) is 2.30. The van der Waals surface area contributed by atoms with Gasteiger partial charge in [-0.25, -0.2) is 4.39 Å². The molecule has 0 spiro atoms. The molecule has 0 unspecified atom stereocenters. The van der Waals surface area contributed by atoms with Crippen molar-refractivity contribution in [2.45, 2.75) is 19.8 Å². The Hall–Kier alpha value is -1.22. The second-order valence-electron chi connectivity index (χ2n) is 4.37. The first-order valence-corrected chi connectivity index (χ1v) is 5.69. The summed E-state index contributed by atoms with van der Waals surface area (Å²) in [5, 5.41) is 3.20. The molecule has 1 aliphatic rings. The molecule has 0 aliphatic carbocycles. The van der Waals surface area contributed by atoms with Crippen molar-refractivity contribution >= 4 is 5.78 Å². The van der Waals surface area contributed by atoms with Crippen LogP contribution in [0.4, 0.5) is 4.39 Å². The number of hydrogen-bond donors (Lipinski definition) is 1. The van der Waals surface area contributed by atoms with Crippen molar-refractivity contribution in [1.29, 1.82) is 0 Å². The Morgan fingerprint density at radius 3 is 2.69 bits per heavy atom. The Labute approximate surface area is 94.9 Å². The molecular formula is C13H16FNO. The Morgan fingerprint density at radius 2 is 2.06 bits per heavy atom. The van der Waals surface area contributed by atoms with Crippen molar-refractivity contribution in [3.05, 3.63) is 35.1 Å². The van der Waals surface area contributed by atoms with E-state index in [-0.39, 0.29) is 23.1 Å². The van der Waals surface area contributed by atoms with E-state index in [9.17, 15) is 9.18 Å². The Bertz CT molecular complexity index is 397. The zero-order valence-corrected chi connectivity index (χ0v) is 9.42. The summed E-state index contributed by atoms with van der Waals surface area (Å²) in [6.07, 6.45) is 1.62. The molecule has 1 N–H and O–H groups in total. The van der Waals surface area contributed by atoms with Crippen molar-refractivity contribution in [2.75, 3.05) is 13.1 Å². The summed E-state index contributed by atoms with van der Waals surface area (Å²) in [4.78, 5) is 12.1. The quantitative estimate of drug-likeness (QED) is 0.776. The average molecular weight is 221 g/mol. The van der Waals surface area contributed by atoms with Crippen LogP contribution in [-0.2, 0) is 0 Å². The number of nitrogens with one attached hydrogen (secondary N) is 1. The van der Waals surface area contributed by atoms with Crippen LogP contribution in [0.3, 0.4) is 0 Å². The number of hydrogen-bond acceptors (Lipinski definition) is 2. The average Bonchev–Trinajstić information content (AvgIpc) is 2.29. The summed E-state index contributed by atoms with van der Waals surface area (Å²) in [5.74, 6) is -0.444. The van der Waals surface area contributed by atoms with E-state index >= 15 is 0 Å². The molecule has 3 heteroatoms. The minimum absolute atomic E-state index is 0.0153. The number of aryl methyl sites for hydroxylation is 1. The van der Waals surface area contributed by atoms with E-state index < -0.39 is 0 Å². The van der Waals surface area contributed by atoms with Crippen LogP contribution in [0.15, 0.2) is 18.2 Å². The molecule has 86 valence electrons. The van der Waals surface area contributed by atoms with Crippen LogP contribution in [0.1, 0.15) is 28.8 Å². The summed E-state index contributed by atoms with van der Waals surface area (Å²) in [6, 6.07) is 4.82. The molecule has 0 aromatic heterocycles. The smallest absolute Gasteiger partial charge is 0.168 e. The van der Waals surface area contributed by atoms with Crippen LogP contribution >= 0.6 is 0 Å². The number of rotatable bonds is 2. The number of carbonyl (C=O) groups excluding carboxylic acids is 1. The van der Waals surface area contributed by atoms with Gasteiger partial charge in [0.1, 0.15) is 5.82 Å². The monoisotopic (exact) mass is 221 g/mol. The number of piperidine rings is 1. The van der Waals surface area contributed by atoms with Gasteiger partial charge in [0.25, 0.3) is 0 Å². The largest absolute Gasteiger partial charge is 0.317 e. The fourth-order valence-corrected chi connectivity index (χ4v) is 2.12. The van der Waals surface area contributed by atoms with Crippen molar-refractivity contribution in [3.8, 4) is 0 Å². The fourth-order valence-electron chi connectivity index (χ4n) is 2.12. The van der Waals surface area contributed by atoms with Crippen molar-refractivity contribution in [2.24, 2.45) is 5.92 Å². The maximum atomic E-state index is 13.6. The molecule has 0 amide bonds. The van der Waals surface area contributed by atoms with E-state index in [0.717, 1.165) is 31.5 Å². The molecular weight excluding hydrogens is 205 g/mol. The lowest BCUT2D eigenvalue weighted by atomic mass is 9.89. The van der Waals surface area contributed by atoms with Crippen molar-refractivity contribution in [3.63, 3.8) is 0 Å². The van der Waals surface area contributed by atoms with Gasteiger partial charge in [0.05, 0.1) is 5.56 Å².